The molecule has 157 valence electrons. The average Bonchev–Trinajstić information content (AvgIpc) is 3.07. The summed E-state index contributed by atoms with van der Waals surface area (Å²) < 4.78 is 2.12. The van der Waals surface area contributed by atoms with Gasteiger partial charge in [-0.05, 0) is 54.3 Å². The third-order valence-electron chi connectivity index (χ3n) is 5.80. The van der Waals surface area contributed by atoms with Gasteiger partial charge >= 0.3 is 0 Å². The second-order valence-corrected chi connectivity index (χ2v) is 7.90. The quantitative estimate of drug-likeness (QED) is 0.415. The first kappa shape index (κ1) is 20.7. The third-order valence-corrected chi connectivity index (χ3v) is 5.80. The minimum Gasteiger partial charge on any atom is -0.366 e. The molecule has 0 bridgehead atoms. The van der Waals surface area contributed by atoms with Crippen LogP contribution in [0.25, 0.3) is 21.8 Å². The van der Waals surface area contributed by atoms with Crippen LogP contribution in [0.1, 0.15) is 58.0 Å². The van der Waals surface area contributed by atoms with Crippen molar-refractivity contribution >= 4 is 33.6 Å². The van der Waals surface area contributed by atoms with E-state index in [0.29, 0.717) is 17.7 Å². The standard InChI is InChI=1S/C26H26N3O2/c1-2-3-4-8-17-13-14-20-23(15-17)29(16-18-9-5-6-10-19(18)25(27)30)22-12-7-11-21(24(20)22)26(28)31/h5-7,9-13,15H,2-4,8,16H2,1H3,(H2,27,30)(H2,28,31). The van der Waals surface area contributed by atoms with Crippen LogP contribution in [0.3, 0.4) is 0 Å². The van der Waals surface area contributed by atoms with Crippen molar-refractivity contribution in [2.75, 3.05) is 0 Å². The van der Waals surface area contributed by atoms with Gasteiger partial charge in [-0.2, -0.15) is 0 Å². The Morgan fingerprint density at radius 3 is 2.42 bits per heavy atom. The van der Waals surface area contributed by atoms with Gasteiger partial charge < -0.3 is 16.0 Å². The summed E-state index contributed by atoms with van der Waals surface area (Å²) in [5, 5.41) is 1.65. The van der Waals surface area contributed by atoms with Gasteiger partial charge in [0.2, 0.25) is 11.8 Å². The zero-order chi connectivity index (χ0) is 22.0. The number of hydrogen-bond donors (Lipinski definition) is 2. The van der Waals surface area contributed by atoms with Crippen LogP contribution in [-0.2, 0) is 13.0 Å². The van der Waals surface area contributed by atoms with Crippen molar-refractivity contribution in [2.24, 2.45) is 11.5 Å². The zero-order valence-electron chi connectivity index (χ0n) is 17.7. The number of fused-ring (bicyclic) bond motifs is 3. The van der Waals surface area contributed by atoms with Crippen molar-refractivity contribution in [1.82, 2.24) is 4.57 Å². The van der Waals surface area contributed by atoms with E-state index in [1.54, 1.807) is 18.2 Å². The highest BCUT2D eigenvalue weighted by atomic mass is 16.1. The largest absolute Gasteiger partial charge is 0.366 e. The fourth-order valence-electron chi connectivity index (χ4n) is 4.27. The molecule has 4 N–H and O–H groups in total. The molecule has 2 amide bonds. The number of hydrogen-bond acceptors (Lipinski definition) is 2. The molecule has 31 heavy (non-hydrogen) atoms. The first-order valence-corrected chi connectivity index (χ1v) is 10.6. The molecule has 0 aliphatic carbocycles. The smallest absolute Gasteiger partial charge is 0.249 e. The summed E-state index contributed by atoms with van der Waals surface area (Å²) in [5.74, 6) is -0.927. The lowest BCUT2D eigenvalue weighted by molar-refractivity contribution is 0.0992. The van der Waals surface area contributed by atoms with Crippen LogP contribution in [-0.4, -0.2) is 16.4 Å². The van der Waals surface area contributed by atoms with E-state index in [1.807, 2.05) is 30.3 Å². The number of unbranched alkanes of at least 4 members (excludes halogenated alkanes) is 2. The molecule has 0 atom stereocenters. The molecular formula is C26H26N3O2. The highest BCUT2D eigenvalue weighted by molar-refractivity contribution is 6.17. The number of carbonyl (C=O) groups excluding carboxylic acids is 2. The molecule has 3 aromatic carbocycles. The number of benzene rings is 3. The Morgan fingerprint density at radius 2 is 1.68 bits per heavy atom. The number of primary amides is 2. The molecule has 0 unspecified atom stereocenters. The van der Waals surface area contributed by atoms with Gasteiger partial charge in [0.25, 0.3) is 0 Å². The SMILES string of the molecule is CCCCCc1c[c]c2c3c(C(N)=O)cccc3n(Cc3ccccc3C(N)=O)c2c1. The molecule has 0 saturated carbocycles. The van der Waals surface area contributed by atoms with Crippen molar-refractivity contribution in [2.45, 2.75) is 39.2 Å². The van der Waals surface area contributed by atoms with Crippen LogP contribution >= 0.6 is 0 Å². The summed E-state index contributed by atoms with van der Waals surface area (Å²) in [5.41, 5.74) is 16.1. The maximum atomic E-state index is 12.1. The zero-order valence-corrected chi connectivity index (χ0v) is 17.7. The molecule has 4 rings (SSSR count). The van der Waals surface area contributed by atoms with Gasteiger partial charge in [0.1, 0.15) is 0 Å². The number of aromatic nitrogens is 1. The molecule has 1 radical (unpaired) electrons. The van der Waals surface area contributed by atoms with Crippen molar-refractivity contribution in [1.29, 1.82) is 0 Å². The summed E-state index contributed by atoms with van der Waals surface area (Å²) in [4.78, 5) is 24.1. The first-order valence-electron chi connectivity index (χ1n) is 10.6. The number of aryl methyl sites for hydroxylation is 1. The number of carbonyl (C=O) groups is 2. The predicted molar refractivity (Wildman–Crippen MR) is 124 cm³/mol. The van der Waals surface area contributed by atoms with E-state index in [-0.39, 0.29) is 0 Å². The predicted octanol–water partition coefficient (Wildman–Crippen LogP) is 4.57. The molecule has 4 aromatic rings. The van der Waals surface area contributed by atoms with Gasteiger partial charge in [-0.25, -0.2) is 0 Å². The molecule has 0 fully saturated rings. The van der Waals surface area contributed by atoms with Crippen molar-refractivity contribution in [3.8, 4) is 0 Å². The summed E-state index contributed by atoms with van der Waals surface area (Å²) in [6.07, 6.45) is 4.44. The molecular weight excluding hydrogens is 386 g/mol. The van der Waals surface area contributed by atoms with Gasteiger partial charge in [-0.3, -0.25) is 9.59 Å². The Labute approximate surface area is 181 Å². The molecule has 1 aromatic heterocycles. The number of nitrogens with two attached hydrogens (primary N) is 2. The van der Waals surface area contributed by atoms with E-state index in [0.717, 1.165) is 46.6 Å². The topological polar surface area (TPSA) is 91.1 Å². The number of nitrogens with zero attached hydrogens (tertiary/aromatic N) is 1. The molecule has 0 aliphatic heterocycles. The van der Waals surface area contributed by atoms with Crippen molar-refractivity contribution in [3.63, 3.8) is 0 Å². The second-order valence-electron chi connectivity index (χ2n) is 7.90. The van der Waals surface area contributed by atoms with E-state index in [2.05, 4.69) is 23.6 Å². The Kier molecular flexibility index (Phi) is 5.76. The monoisotopic (exact) mass is 412 g/mol. The number of amides is 2. The lowest BCUT2D eigenvalue weighted by Crippen LogP contribution is -2.15. The van der Waals surface area contributed by atoms with Crippen LogP contribution in [0, 0.1) is 6.07 Å². The van der Waals surface area contributed by atoms with Crippen LogP contribution in [0.15, 0.2) is 54.6 Å². The summed E-state index contributed by atoms with van der Waals surface area (Å²) in [6.45, 7) is 2.64. The van der Waals surface area contributed by atoms with E-state index < -0.39 is 11.8 Å². The molecule has 5 nitrogen and oxygen atoms in total. The summed E-state index contributed by atoms with van der Waals surface area (Å²) in [7, 11) is 0. The third kappa shape index (κ3) is 3.91. The molecule has 0 aliphatic rings. The van der Waals surface area contributed by atoms with Crippen molar-refractivity contribution in [3.05, 3.63) is 82.9 Å². The maximum Gasteiger partial charge on any atom is 0.249 e. The minimum absolute atomic E-state index is 0.452. The van der Waals surface area contributed by atoms with E-state index in [1.165, 1.54) is 12.0 Å². The Morgan fingerprint density at radius 1 is 0.935 bits per heavy atom. The van der Waals surface area contributed by atoms with Crippen LogP contribution in [0.2, 0.25) is 0 Å². The minimum atomic E-state index is -0.470. The highest BCUT2D eigenvalue weighted by Gasteiger charge is 2.18. The van der Waals surface area contributed by atoms with Crippen LogP contribution < -0.4 is 11.5 Å². The fourth-order valence-corrected chi connectivity index (χ4v) is 4.27. The molecule has 0 saturated heterocycles. The van der Waals surface area contributed by atoms with Gasteiger partial charge in [0.05, 0.1) is 11.0 Å². The van der Waals surface area contributed by atoms with Crippen LogP contribution in [0.5, 0.6) is 0 Å². The van der Waals surface area contributed by atoms with Gasteiger partial charge in [0, 0.05) is 28.4 Å². The molecule has 0 spiro atoms. The van der Waals surface area contributed by atoms with E-state index >= 15 is 0 Å². The lowest BCUT2D eigenvalue weighted by Gasteiger charge is -2.11. The fraction of sp³-hybridized carbons (Fsp3) is 0.231. The second kappa shape index (κ2) is 8.64. The Balaban J connectivity index is 1.94. The normalized spacial score (nSPS) is 11.3. The maximum absolute atomic E-state index is 12.1. The highest BCUT2D eigenvalue weighted by Crippen LogP contribution is 2.33. The van der Waals surface area contributed by atoms with Gasteiger partial charge in [0.15, 0.2) is 0 Å². The van der Waals surface area contributed by atoms with Gasteiger partial charge in [-0.15, -0.1) is 0 Å². The number of rotatable bonds is 8. The lowest BCUT2D eigenvalue weighted by atomic mass is 10.0. The van der Waals surface area contributed by atoms with E-state index in [9.17, 15) is 9.59 Å². The molecule has 1 heterocycles. The Hall–Kier alpha value is -3.60. The van der Waals surface area contributed by atoms with E-state index in [4.69, 9.17) is 11.5 Å². The summed E-state index contributed by atoms with van der Waals surface area (Å²) >= 11 is 0. The summed E-state index contributed by atoms with van der Waals surface area (Å²) in [6, 6.07) is 20.5. The van der Waals surface area contributed by atoms with Crippen molar-refractivity contribution < 1.29 is 9.59 Å². The molecule has 5 heteroatoms. The van der Waals surface area contributed by atoms with Crippen LogP contribution in [0.4, 0.5) is 0 Å². The van der Waals surface area contributed by atoms with Gasteiger partial charge in [-0.1, -0.05) is 50.1 Å². The first-order chi connectivity index (χ1) is 15.0. The average molecular weight is 413 g/mol. The Bertz CT molecular complexity index is 1290.